The number of rotatable bonds is 6. The minimum Gasteiger partial charge on any atom is -0.497 e. The van der Waals surface area contributed by atoms with Gasteiger partial charge in [-0.15, -0.1) is 5.10 Å². The third kappa shape index (κ3) is 3.22. The van der Waals surface area contributed by atoms with Crippen LogP contribution in [0.5, 0.6) is 11.6 Å². The quantitative estimate of drug-likeness (QED) is 0.729. The molecule has 1 amide bonds. The Kier molecular flexibility index (Phi) is 4.47. The molecule has 6 nitrogen and oxygen atoms in total. The van der Waals surface area contributed by atoms with E-state index in [9.17, 15) is 4.79 Å². The second-order valence-corrected chi connectivity index (χ2v) is 5.13. The molecule has 0 saturated heterocycles. The van der Waals surface area contributed by atoms with Crippen LogP contribution in [0.25, 0.3) is 22.4 Å². The lowest BCUT2D eigenvalue weighted by Gasteiger charge is -2.08. The van der Waals surface area contributed by atoms with E-state index in [0.29, 0.717) is 11.6 Å². The summed E-state index contributed by atoms with van der Waals surface area (Å²) in [7, 11) is 1.61. The lowest BCUT2D eigenvalue weighted by molar-refractivity contribution is -0.120. The van der Waals surface area contributed by atoms with E-state index in [1.807, 2.05) is 54.6 Å². The zero-order valence-electron chi connectivity index (χ0n) is 13.2. The first-order chi connectivity index (χ1) is 11.7. The van der Waals surface area contributed by atoms with Crippen LogP contribution in [0.2, 0.25) is 0 Å². The van der Waals surface area contributed by atoms with Crippen LogP contribution in [0.3, 0.4) is 0 Å². The number of primary amides is 1. The van der Waals surface area contributed by atoms with E-state index in [1.165, 1.54) is 0 Å². The molecule has 3 rings (SSSR count). The molecule has 122 valence electrons. The van der Waals surface area contributed by atoms with E-state index in [2.05, 4.69) is 10.2 Å². The Morgan fingerprint density at radius 1 is 1.12 bits per heavy atom. The zero-order chi connectivity index (χ0) is 16.9. The molecule has 6 heteroatoms. The molecule has 0 unspecified atom stereocenters. The molecule has 1 heterocycles. The van der Waals surface area contributed by atoms with Gasteiger partial charge in [-0.3, -0.25) is 9.89 Å². The number of aromatic amines is 1. The third-order valence-electron chi connectivity index (χ3n) is 3.51. The van der Waals surface area contributed by atoms with Crippen LogP contribution in [0, 0.1) is 0 Å². The average molecular weight is 323 g/mol. The molecule has 0 radical (unpaired) electrons. The van der Waals surface area contributed by atoms with Crippen molar-refractivity contribution >= 4 is 5.91 Å². The Morgan fingerprint density at radius 3 is 2.58 bits per heavy atom. The van der Waals surface area contributed by atoms with Gasteiger partial charge in [-0.1, -0.05) is 42.5 Å². The molecular weight excluding hydrogens is 306 g/mol. The van der Waals surface area contributed by atoms with Crippen LogP contribution in [-0.2, 0) is 4.79 Å². The van der Waals surface area contributed by atoms with E-state index in [-0.39, 0.29) is 6.61 Å². The molecule has 24 heavy (non-hydrogen) atoms. The number of H-pyrrole nitrogens is 1. The molecule has 0 aliphatic heterocycles. The first kappa shape index (κ1) is 15.6. The normalized spacial score (nSPS) is 10.4. The molecule has 1 aromatic heterocycles. The summed E-state index contributed by atoms with van der Waals surface area (Å²) in [5.74, 6) is 0.477. The van der Waals surface area contributed by atoms with Crippen molar-refractivity contribution in [2.24, 2.45) is 5.73 Å². The smallest absolute Gasteiger partial charge is 0.255 e. The number of nitrogens with one attached hydrogen (secondary N) is 1. The minimum atomic E-state index is -0.559. The Morgan fingerprint density at radius 2 is 1.88 bits per heavy atom. The van der Waals surface area contributed by atoms with E-state index in [1.54, 1.807) is 7.11 Å². The Balaban J connectivity index is 2.11. The highest BCUT2D eigenvalue weighted by atomic mass is 16.5. The predicted molar refractivity (Wildman–Crippen MR) is 90.7 cm³/mol. The summed E-state index contributed by atoms with van der Waals surface area (Å²) in [4.78, 5) is 11.0. The van der Waals surface area contributed by atoms with Crippen molar-refractivity contribution in [3.8, 4) is 34.0 Å². The third-order valence-corrected chi connectivity index (χ3v) is 3.51. The second kappa shape index (κ2) is 6.87. The number of methoxy groups -OCH3 is 1. The number of nitrogens with two attached hydrogens (primary N) is 1. The summed E-state index contributed by atoms with van der Waals surface area (Å²) < 4.78 is 10.8. The van der Waals surface area contributed by atoms with Crippen LogP contribution in [-0.4, -0.2) is 29.8 Å². The molecular formula is C18H17N3O3. The van der Waals surface area contributed by atoms with Gasteiger partial charge in [0.15, 0.2) is 6.61 Å². The van der Waals surface area contributed by atoms with Gasteiger partial charge in [-0.2, -0.15) is 0 Å². The number of amides is 1. The van der Waals surface area contributed by atoms with Gasteiger partial charge in [0.25, 0.3) is 5.91 Å². The van der Waals surface area contributed by atoms with E-state index >= 15 is 0 Å². The van der Waals surface area contributed by atoms with Crippen LogP contribution >= 0.6 is 0 Å². The Labute approximate surface area is 139 Å². The number of hydrogen-bond donors (Lipinski definition) is 2. The van der Waals surface area contributed by atoms with Crippen molar-refractivity contribution in [2.75, 3.05) is 13.7 Å². The average Bonchev–Trinajstić information content (AvgIpc) is 3.04. The van der Waals surface area contributed by atoms with E-state index < -0.39 is 5.91 Å². The molecule has 0 fully saturated rings. The highest BCUT2D eigenvalue weighted by Crippen LogP contribution is 2.38. The highest BCUT2D eigenvalue weighted by molar-refractivity contribution is 5.85. The van der Waals surface area contributed by atoms with Crippen molar-refractivity contribution < 1.29 is 14.3 Å². The van der Waals surface area contributed by atoms with Gasteiger partial charge in [0.2, 0.25) is 5.88 Å². The molecule has 0 spiro atoms. The lowest BCUT2D eigenvalue weighted by Crippen LogP contribution is -2.20. The van der Waals surface area contributed by atoms with Gasteiger partial charge in [-0.25, -0.2) is 0 Å². The van der Waals surface area contributed by atoms with Crippen LogP contribution in [0.1, 0.15) is 0 Å². The largest absolute Gasteiger partial charge is 0.497 e. The van der Waals surface area contributed by atoms with Gasteiger partial charge in [0.1, 0.15) is 5.75 Å². The number of ether oxygens (including phenoxy) is 2. The monoisotopic (exact) mass is 323 g/mol. The predicted octanol–water partition coefficient (Wildman–Crippen LogP) is 2.62. The fourth-order valence-electron chi connectivity index (χ4n) is 2.43. The summed E-state index contributed by atoms with van der Waals surface area (Å²) >= 11 is 0. The molecule has 3 aromatic rings. The van der Waals surface area contributed by atoms with Gasteiger partial charge < -0.3 is 15.2 Å². The highest BCUT2D eigenvalue weighted by Gasteiger charge is 2.19. The number of aromatic nitrogens is 2. The van der Waals surface area contributed by atoms with Crippen molar-refractivity contribution in [1.82, 2.24) is 10.2 Å². The fraction of sp³-hybridized carbons (Fsp3) is 0.111. The summed E-state index contributed by atoms with van der Waals surface area (Å²) in [6.45, 7) is -0.240. The van der Waals surface area contributed by atoms with Crippen molar-refractivity contribution in [3.63, 3.8) is 0 Å². The number of benzene rings is 2. The number of nitrogens with zero attached hydrogens (tertiary/aromatic N) is 1. The second-order valence-electron chi connectivity index (χ2n) is 5.13. The van der Waals surface area contributed by atoms with E-state index in [0.717, 1.165) is 22.4 Å². The molecule has 0 saturated carbocycles. The van der Waals surface area contributed by atoms with Crippen LogP contribution in [0.4, 0.5) is 0 Å². The first-order valence-corrected chi connectivity index (χ1v) is 7.38. The topological polar surface area (TPSA) is 90.2 Å². The van der Waals surface area contributed by atoms with Gasteiger partial charge in [0.05, 0.1) is 18.4 Å². The van der Waals surface area contributed by atoms with E-state index in [4.69, 9.17) is 15.2 Å². The van der Waals surface area contributed by atoms with Crippen LogP contribution < -0.4 is 15.2 Å². The zero-order valence-corrected chi connectivity index (χ0v) is 13.2. The summed E-state index contributed by atoms with van der Waals surface area (Å²) in [6.07, 6.45) is 0. The standard InChI is InChI=1S/C18H17N3O3/c1-23-14-9-5-8-13(10-14)16-17(12-6-3-2-4-7-12)20-21-18(16)24-11-15(19)22/h2-10H,11H2,1H3,(H2,19,22)(H,20,21). The summed E-state index contributed by atoms with van der Waals surface area (Å²) in [5.41, 5.74) is 8.53. The van der Waals surface area contributed by atoms with Gasteiger partial charge in [0, 0.05) is 5.56 Å². The van der Waals surface area contributed by atoms with Crippen LogP contribution in [0.15, 0.2) is 54.6 Å². The molecule has 0 atom stereocenters. The lowest BCUT2D eigenvalue weighted by atomic mass is 10.0. The minimum absolute atomic E-state index is 0.240. The molecule has 3 N–H and O–H groups in total. The summed E-state index contributed by atoms with van der Waals surface area (Å²) in [6, 6.07) is 17.3. The maximum atomic E-state index is 11.0. The van der Waals surface area contributed by atoms with Crippen molar-refractivity contribution in [3.05, 3.63) is 54.6 Å². The maximum absolute atomic E-state index is 11.0. The SMILES string of the molecule is COc1cccc(-c2c(OCC(N)=O)n[nH]c2-c2ccccc2)c1. The van der Waals surface area contributed by atoms with Gasteiger partial charge in [-0.05, 0) is 17.7 Å². The molecule has 0 aliphatic carbocycles. The van der Waals surface area contributed by atoms with Crippen molar-refractivity contribution in [2.45, 2.75) is 0 Å². The van der Waals surface area contributed by atoms with Crippen molar-refractivity contribution in [1.29, 1.82) is 0 Å². The summed E-state index contributed by atoms with van der Waals surface area (Å²) in [5, 5.41) is 7.18. The maximum Gasteiger partial charge on any atom is 0.255 e. The molecule has 2 aromatic carbocycles. The van der Waals surface area contributed by atoms with Gasteiger partial charge >= 0.3 is 0 Å². The first-order valence-electron chi connectivity index (χ1n) is 7.38. The molecule has 0 aliphatic rings. The Hall–Kier alpha value is -3.28. The number of hydrogen-bond acceptors (Lipinski definition) is 4. The fourth-order valence-corrected chi connectivity index (χ4v) is 2.43. The number of carbonyl (C=O) groups excluding carboxylic acids is 1. The molecule has 0 bridgehead atoms. The Bertz CT molecular complexity index is 844. The number of carbonyl (C=O) groups is 1.